The minimum atomic E-state index is -0.261. The zero-order chi connectivity index (χ0) is 19.5. The maximum absolute atomic E-state index is 12.4. The Kier molecular flexibility index (Phi) is 4.94. The fourth-order valence-electron chi connectivity index (χ4n) is 2.91. The number of hydrogen-bond acceptors (Lipinski definition) is 7. The summed E-state index contributed by atoms with van der Waals surface area (Å²) in [6, 6.07) is 3.49. The number of nitrogens with one attached hydrogen (secondary N) is 2. The van der Waals surface area contributed by atoms with E-state index in [1.165, 1.54) is 12.8 Å². The first kappa shape index (κ1) is 18.0. The van der Waals surface area contributed by atoms with Gasteiger partial charge in [-0.2, -0.15) is 5.10 Å². The third-order valence-electron chi connectivity index (χ3n) is 4.21. The second-order valence-electron chi connectivity index (χ2n) is 6.48. The maximum atomic E-state index is 12.4. The molecule has 0 aliphatic carbocycles. The van der Waals surface area contributed by atoms with Crippen molar-refractivity contribution in [3.05, 3.63) is 46.8 Å². The standard InChI is InChI=1S/C14H13N7O2.C4H8O.H2/c1-8-5-11(23-19-8)17-14-16-10-3-4-21(12(10)13(22)18-14)9-6-15-20(2)7-9;1-2-4-5-3-1;/h3-7H,1-2H3,(H2,16,17,18,22);1-4H2;1H. The van der Waals surface area contributed by atoms with Crippen molar-refractivity contribution in [3.63, 3.8) is 0 Å². The molecule has 1 saturated heterocycles. The number of anilines is 2. The van der Waals surface area contributed by atoms with Crippen LogP contribution in [0.25, 0.3) is 16.7 Å². The highest BCUT2D eigenvalue weighted by atomic mass is 16.5. The summed E-state index contributed by atoms with van der Waals surface area (Å²) in [4.78, 5) is 19.5. The molecule has 0 unspecified atom stereocenters. The van der Waals surface area contributed by atoms with Crippen LogP contribution in [0.15, 0.2) is 40.0 Å². The van der Waals surface area contributed by atoms with Crippen molar-refractivity contribution in [1.82, 2.24) is 29.5 Å². The van der Waals surface area contributed by atoms with Gasteiger partial charge in [0, 0.05) is 40.1 Å². The van der Waals surface area contributed by atoms with E-state index in [1.807, 2.05) is 20.2 Å². The van der Waals surface area contributed by atoms with Crippen LogP contribution < -0.4 is 10.9 Å². The Morgan fingerprint density at radius 3 is 2.75 bits per heavy atom. The fraction of sp³-hybridized carbons (Fsp3) is 0.333. The molecule has 148 valence electrons. The van der Waals surface area contributed by atoms with Gasteiger partial charge in [0.1, 0.15) is 5.52 Å². The molecule has 1 aliphatic rings. The molecular formula is C18H23N7O3. The lowest BCUT2D eigenvalue weighted by Crippen LogP contribution is -2.13. The van der Waals surface area contributed by atoms with Gasteiger partial charge in [0.25, 0.3) is 5.56 Å². The van der Waals surface area contributed by atoms with Crippen LogP contribution in [0.5, 0.6) is 0 Å². The predicted molar refractivity (Wildman–Crippen MR) is 105 cm³/mol. The molecule has 0 amide bonds. The molecule has 0 atom stereocenters. The largest absolute Gasteiger partial charge is 0.381 e. The molecule has 4 aromatic heterocycles. The molecule has 5 heterocycles. The number of H-pyrrole nitrogens is 1. The Morgan fingerprint density at radius 2 is 2.14 bits per heavy atom. The van der Waals surface area contributed by atoms with E-state index < -0.39 is 0 Å². The lowest BCUT2D eigenvalue weighted by molar-refractivity contribution is 0.198. The zero-order valence-electron chi connectivity index (χ0n) is 15.7. The Morgan fingerprint density at radius 1 is 1.32 bits per heavy atom. The number of nitrogens with zero attached hydrogens (tertiary/aromatic N) is 5. The molecule has 4 aromatic rings. The number of aryl methyl sites for hydroxylation is 2. The third-order valence-corrected chi connectivity index (χ3v) is 4.21. The van der Waals surface area contributed by atoms with Gasteiger partial charge in [0.15, 0.2) is 0 Å². The van der Waals surface area contributed by atoms with Crippen molar-refractivity contribution in [2.45, 2.75) is 19.8 Å². The van der Waals surface area contributed by atoms with E-state index in [0.717, 1.165) is 24.6 Å². The van der Waals surface area contributed by atoms with E-state index in [-0.39, 0.29) is 6.99 Å². The Labute approximate surface area is 161 Å². The molecule has 2 N–H and O–H groups in total. The predicted octanol–water partition coefficient (Wildman–Crippen LogP) is 2.53. The van der Waals surface area contributed by atoms with Gasteiger partial charge in [-0.25, -0.2) is 4.98 Å². The minimum absolute atomic E-state index is 0. The van der Waals surface area contributed by atoms with Crippen LogP contribution in [0.1, 0.15) is 20.0 Å². The number of hydrogen-bond donors (Lipinski definition) is 2. The van der Waals surface area contributed by atoms with E-state index in [4.69, 9.17) is 9.26 Å². The van der Waals surface area contributed by atoms with Gasteiger partial charge in [-0.1, -0.05) is 5.16 Å². The smallest absolute Gasteiger partial charge is 0.277 e. The van der Waals surface area contributed by atoms with Gasteiger partial charge >= 0.3 is 0 Å². The summed E-state index contributed by atoms with van der Waals surface area (Å²) in [5, 5.41) is 10.8. The van der Waals surface area contributed by atoms with Gasteiger partial charge < -0.3 is 13.8 Å². The van der Waals surface area contributed by atoms with Crippen LogP contribution in [0.3, 0.4) is 0 Å². The Bertz CT molecular complexity index is 1130. The van der Waals surface area contributed by atoms with E-state index in [0.29, 0.717) is 22.9 Å². The van der Waals surface area contributed by atoms with Gasteiger partial charge in [0.2, 0.25) is 11.8 Å². The van der Waals surface area contributed by atoms with Crippen LogP contribution in [0.2, 0.25) is 0 Å². The van der Waals surface area contributed by atoms with Crippen molar-refractivity contribution in [1.29, 1.82) is 0 Å². The zero-order valence-corrected chi connectivity index (χ0v) is 15.7. The summed E-state index contributed by atoms with van der Waals surface area (Å²) >= 11 is 0. The summed E-state index contributed by atoms with van der Waals surface area (Å²) in [6.07, 6.45) is 7.84. The number of aromatic nitrogens is 6. The molecule has 1 fully saturated rings. The van der Waals surface area contributed by atoms with Crippen LogP contribution in [-0.2, 0) is 11.8 Å². The van der Waals surface area contributed by atoms with Gasteiger partial charge in [-0.15, -0.1) is 0 Å². The molecule has 0 bridgehead atoms. The topological polar surface area (TPSA) is 116 Å². The molecule has 1 aliphatic heterocycles. The lowest BCUT2D eigenvalue weighted by Gasteiger charge is -2.03. The Hall–Kier alpha value is -3.40. The molecule has 5 rings (SSSR count). The van der Waals surface area contributed by atoms with Crippen LogP contribution in [0, 0.1) is 6.92 Å². The first-order valence-electron chi connectivity index (χ1n) is 8.98. The van der Waals surface area contributed by atoms with Crippen molar-refractivity contribution in [2.24, 2.45) is 7.05 Å². The molecule has 0 saturated carbocycles. The normalized spacial score (nSPS) is 13.5. The average Bonchev–Trinajstić information content (AvgIpc) is 3.43. The van der Waals surface area contributed by atoms with E-state index in [1.54, 1.807) is 33.8 Å². The second kappa shape index (κ2) is 7.69. The molecular weight excluding hydrogens is 362 g/mol. The summed E-state index contributed by atoms with van der Waals surface area (Å²) < 4.78 is 13.4. The molecule has 0 radical (unpaired) electrons. The minimum Gasteiger partial charge on any atom is -0.381 e. The first-order valence-corrected chi connectivity index (χ1v) is 8.98. The Balaban J connectivity index is 0.000000352. The van der Waals surface area contributed by atoms with E-state index in [2.05, 4.69) is 25.5 Å². The average molecular weight is 385 g/mol. The maximum Gasteiger partial charge on any atom is 0.277 e. The molecule has 10 nitrogen and oxygen atoms in total. The van der Waals surface area contributed by atoms with Crippen molar-refractivity contribution >= 4 is 22.9 Å². The summed E-state index contributed by atoms with van der Waals surface area (Å²) in [7, 11) is 1.82. The first-order chi connectivity index (χ1) is 13.6. The fourth-order valence-corrected chi connectivity index (χ4v) is 2.91. The van der Waals surface area contributed by atoms with E-state index in [9.17, 15) is 4.79 Å². The third kappa shape index (κ3) is 3.81. The summed E-state index contributed by atoms with van der Waals surface area (Å²) in [5.74, 6) is 0.708. The van der Waals surface area contributed by atoms with Crippen molar-refractivity contribution in [3.8, 4) is 5.69 Å². The monoisotopic (exact) mass is 385 g/mol. The highest BCUT2D eigenvalue weighted by Crippen LogP contribution is 2.18. The van der Waals surface area contributed by atoms with Crippen molar-refractivity contribution < 1.29 is 10.7 Å². The van der Waals surface area contributed by atoms with Gasteiger partial charge in [0.05, 0.1) is 23.1 Å². The SMILES string of the molecule is C1CCOC1.Cc1cc(Nc2nc3ccn(-c4cnn(C)c4)c3c(=O)[nH]2)on1.[HH]. The quantitative estimate of drug-likeness (QED) is 0.557. The second-order valence-corrected chi connectivity index (χ2v) is 6.48. The molecule has 0 aromatic carbocycles. The highest BCUT2D eigenvalue weighted by Gasteiger charge is 2.12. The molecule has 0 spiro atoms. The van der Waals surface area contributed by atoms with Gasteiger partial charge in [-0.05, 0) is 25.8 Å². The number of aromatic amines is 1. The van der Waals surface area contributed by atoms with Crippen LogP contribution in [-0.4, -0.2) is 42.7 Å². The van der Waals surface area contributed by atoms with Crippen LogP contribution >= 0.6 is 0 Å². The lowest BCUT2D eigenvalue weighted by atomic mass is 10.4. The highest BCUT2D eigenvalue weighted by molar-refractivity contribution is 5.78. The van der Waals surface area contributed by atoms with E-state index >= 15 is 0 Å². The van der Waals surface area contributed by atoms with Gasteiger partial charge in [-0.3, -0.25) is 19.8 Å². The van der Waals surface area contributed by atoms with Crippen molar-refractivity contribution in [2.75, 3.05) is 18.5 Å². The number of rotatable bonds is 3. The molecule has 10 heteroatoms. The van der Waals surface area contributed by atoms with Crippen LogP contribution in [0.4, 0.5) is 11.8 Å². The summed E-state index contributed by atoms with van der Waals surface area (Å²) in [6.45, 7) is 3.81. The molecule has 28 heavy (non-hydrogen) atoms. The number of ether oxygens (including phenoxy) is 1. The summed E-state index contributed by atoms with van der Waals surface area (Å²) in [5.41, 5.74) is 2.29. The number of fused-ring (bicyclic) bond motifs is 1.